The first-order chi connectivity index (χ1) is 7.50. The fourth-order valence-corrected chi connectivity index (χ4v) is 1.58. The molecule has 0 saturated heterocycles. The third-order valence-corrected chi connectivity index (χ3v) is 2.72. The van der Waals surface area contributed by atoms with E-state index in [1.165, 1.54) is 0 Å². The molecule has 1 rings (SSSR count). The molecule has 88 valence electrons. The lowest BCUT2D eigenvalue weighted by Crippen LogP contribution is -2.29. The summed E-state index contributed by atoms with van der Waals surface area (Å²) in [6.45, 7) is 3.99. The highest BCUT2D eigenvalue weighted by Gasteiger charge is 2.21. The van der Waals surface area contributed by atoms with Gasteiger partial charge in [-0.25, -0.2) is 4.79 Å². The Morgan fingerprint density at radius 1 is 1.38 bits per heavy atom. The summed E-state index contributed by atoms with van der Waals surface area (Å²) in [5, 5.41) is 8.93. The summed E-state index contributed by atoms with van der Waals surface area (Å²) < 4.78 is 6.37. The van der Waals surface area contributed by atoms with E-state index in [2.05, 4.69) is 15.9 Å². The molecule has 0 aliphatic rings. The van der Waals surface area contributed by atoms with E-state index in [1.54, 1.807) is 0 Å². The Labute approximate surface area is 104 Å². The van der Waals surface area contributed by atoms with E-state index < -0.39 is 12.1 Å². The van der Waals surface area contributed by atoms with Gasteiger partial charge in [-0.15, -0.1) is 0 Å². The molecule has 4 heteroatoms. The molecule has 0 bridgehead atoms. The summed E-state index contributed by atoms with van der Waals surface area (Å²) in [4.78, 5) is 10.9. The van der Waals surface area contributed by atoms with Crippen molar-refractivity contribution < 1.29 is 14.6 Å². The van der Waals surface area contributed by atoms with Crippen molar-refractivity contribution in [1.29, 1.82) is 0 Å². The van der Waals surface area contributed by atoms with Gasteiger partial charge in [0.15, 0.2) is 6.10 Å². The molecule has 0 aliphatic heterocycles. The first-order valence-corrected chi connectivity index (χ1v) is 5.89. The molecule has 1 unspecified atom stereocenters. The maximum absolute atomic E-state index is 10.9. The number of benzene rings is 1. The molecule has 3 nitrogen and oxygen atoms in total. The normalized spacial score (nSPS) is 12.8. The predicted octanol–water partition coefficient (Wildman–Crippen LogP) is 3.07. The number of hydrogen-bond acceptors (Lipinski definition) is 2. The van der Waals surface area contributed by atoms with E-state index >= 15 is 0 Å². The molecule has 0 heterocycles. The van der Waals surface area contributed by atoms with Gasteiger partial charge in [0, 0.05) is 4.47 Å². The van der Waals surface area contributed by atoms with E-state index in [0.29, 0.717) is 6.61 Å². The van der Waals surface area contributed by atoms with Gasteiger partial charge >= 0.3 is 5.97 Å². The molecule has 1 atom stereocenters. The first kappa shape index (κ1) is 13.2. The minimum Gasteiger partial charge on any atom is -0.479 e. The minimum absolute atomic E-state index is 0.0343. The van der Waals surface area contributed by atoms with Crippen LogP contribution in [0.25, 0.3) is 0 Å². The number of rotatable bonds is 5. The van der Waals surface area contributed by atoms with Crippen molar-refractivity contribution >= 4 is 21.9 Å². The Morgan fingerprint density at radius 3 is 2.38 bits per heavy atom. The van der Waals surface area contributed by atoms with Crippen molar-refractivity contribution in [2.45, 2.75) is 26.6 Å². The molecule has 0 spiro atoms. The number of halogens is 1. The molecule has 0 amide bonds. The molecule has 0 aliphatic carbocycles. The van der Waals surface area contributed by atoms with Gasteiger partial charge in [-0.2, -0.15) is 0 Å². The van der Waals surface area contributed by atoms with Crippen molar-refractivity contribution in [3.63, 3.8) is 0 Å². The fraction of sp³-hybridized carbons (Fsp3) is 0.417. The van der Waals surface area contributed by atoms with E-state index in [-0.39, 0.29) is 5.92 Å². The highest BCUT2D eigenvalue weighted by Crippen LogP contribution is 2.14. The van der Waals surface area contributed by atoms with Gasteiger partial charge in [0.2, 0.25) is 0 Å². The molecule has 0 saturated carbocycles. The standard InChI is InChI=1S/C12H15BrO3/c1-8(2)11(12(14)15)16-7-9-3-5-10(13)6-4-9/h3-6,8,11H,7H2,1-2H3,(H,14,15). The number of aliphatic carboxylic acids is 1. The van der Waals surface area contributed by atoms with Crippen LogP contribution < -0.4 is 0 Å². The van der Waals surface area contributed by atoms with Crippen molar-refractivity contribution in [2.75, 3.05) is 0 Å². The van der Waals surface area contributed by atoms with Crippen LogP contribution in [0.4, 0.5) is 0 Å². The smallest absolute Gasteiger partial charge is 0.333 e. The van der Waals surface area contributed by atoms with Gasteiger partial charge in [0.1, 0.15) is 0 Å². The van der Waals surface area contributed by atoms with Crippen LogP contribution >= 0.6 is 15.9 Å². The van der Waals surface area contributed by atoms with Crippen molar-refractivity contribution in [3.05, 3.63) is 34.3 Å². The van der Waals surface area contributed by atoms with Gasteiger partial charge in [-0.3, -0.25) is 0 Å². The van der Waals surface area contributed by atoms with Crippen molar-refractivity contribution in [2.24, 2.45) is 5.92 Å². The van der Waals surface area contributed by atoms with Crippen LogP contribution in [0.3, 0.4) is 0 Å². The lowest BCUT2D eigenvalue weighted by atomic mass is 10.1. The Bertz CT molecular complexity index is 346. The molecule has 0 aromatic heterocycles. The number of carboxylic acids is 1. The second-order valence-corrected chi connectivity index (χ2v) is 4.86. The number of hydrogen-bond donors (Lipinski definition) is 1. The quantitative estimate of drug-likeness (QED) is 0.905. The summed E-state index contributed by atoms with van der Waals surface area (Å²) in [5.74, 6) is -0.944. The summed E-state index contributed by atoms with van der Waals surface area (Å²) in [6, 6.07) is 7.63. The topological polar surface area (TPSA) is 46.5 Å². The zero-order chi connectivity index (χ0) is 12.1. The Kier molecular flexibility index (Phi) is 4.96. The summed E-state index contributed by atoms with van der Waals surface area (Å²) in [5.41, 5.74) is 0.968. The van der Waals surface area contributed by atoms with Gasteiger partial charge in [0.25, 0.3) is 0 Å². The van der Waals surface area contributed by atoms with E-state index in [4.69, 9.17) is 9.84 Å². The summed E-state index contributed by atoms with van der Waals surface area (Å²) in [7, 11) is 0. The van der Waals surface area contributed by atoms with E-state index in [0.717, 1.165) is 10.0 Å². The van der Waals surface area contributed by atoms with Gasteiger partial charge in [-0.1, -0.05) is 41.9 Å². The van der Waals surface area contributed by atoms with Crippen LogP contribution in [-0.2, 0) is 16.1 Å². The fourth-order valence-electron chi connectivity index (χ4n) is 1.32. The second kappa shape index (κ2) is 6.01. The summed E-state index contributed by atoms with van der Waals surface area (Å²) >= 11 is 3.34. The molecule has 1 N–H and O–H groups in total. The monoisotopic (exact) mass is 286 g/mol. The predicted molar refractivity (Wildman–Crippen MR) is 65.2 cm³/mol. The third kappa shape index (κ3) is 3.94. The molecular weight excluding hydrogens is 272 g/mol. The zero-order valence-corrected chi connectivity index (χ0v) is 10.9. The van der Waals surface area contributed by atoms with Crippen LogP contribution in [0.2, 0.25) is 0 Å². The van der Waals surface area contributed by atoms with Crippen molar-refractivity contribution in [1.82, 2.24) is 0 Å². The molecule has 0 fully saturated rings. The lowest BCUT2D eigenvalue weighted by Gasteiger charge is -2.16. The third-order valence-electron chi connectivity index (χ3n) is 2.19. The minimum atomic E-state index is -0.910. The van der Waals surface area contributed by atoms with E-state index in [1.807, 2.05) is 38.1 Å². The van der Waals surface area contributed by atoms with Gasteiger partial charge < -0.3 is 9.84 Å². The molecule has 0 radical (unpaired) electrons. The largest absolute Gasteiger partial charge is 0.479 e. The maximum atomic E-state index is 10.9. The number of carbonyl (C=O) groups is 1. The SMILES string of the molecule is CC(C)C(OCc1ccc(Br)cc1)C(=O)O. The molecule has 16 heavy (non-hydrogen) atoms. The summed E-state index contributed by atoms with van der Waals surface area (Å²) in [6.07, 6.45) is -0.747. The number of carboxylic acid groups (broad SMARTS) is 1. The molecule has 1 aromatic rings. The average molecular weight is 287 g/mol. The molecule has 1 aromatic carbocycles. The van der Waals surface area contributed by atoms with E-state index in [9.17, 15) is 4.79 Å². The highest BCUT2D eigenvalue weighted by atomic mass is 79.9. The zero-order valence-electron chi connectivity index (χ0n) is 9.31. The Morgan fingerprint density at radius 2 is 1.94 bits per heavy atom. The van der Waals surface area contributed by atoms with Gasteiger partial charge in [-0.05, 0) is 23.6 Å². The average Bonchev–Trinajstić information content (AvgIpc) is 2.20. The van der Waals surface area contributed by atoms with Crippen molar-refractivity contribution in [3.8, 4) is 0 Å². The highest BCUT2D eigenvalue weighted by molar-refractivity contribution is 9.10. The number of ether oxygens (including phenoxy) is 1. The maximum Gasteiger partial charge on any atom is 0.333 e. The Balaban J connectivity index is 2.55. The Hall–Kier alpha value is -0.870. The van der Waals surface area contributed by atoms with Crippen LogP contribution in [0.15, 0.2) is 28.7 Å². The lowest BCUT2D eigenvalue weighted by molar-refractivity contribution is -0.154. The van der Waals surface area contributed by atoms with Crippen LogP contribution in [-0.4, -0.2) is 17.2 Å². The second-order valence-electron chi connectivity index (χ2n) is 3.94. The van der Waals surface area contributed by atoms with Gasteiger partial charge in [0.05, 0.1) is 6.61 Å². The van der Waals surface area contributed by atoms with Crippen LogP contribution in [0.1, 0.15) is 19.4 Å². The van der Waals surface area contributed by atoms with Crippen LogP contribution in [0, 0.1) is 5.92 Å². The first-order valence-electron chi connectivity index (χ1n) is 5.09. The molecular formula is C12H15BrO3. The van der Waals surface area contributed by atoms with Crippen LogP contribution in [0.5, 0.6) is 0 Å².